The van der Waals surface area contributed by atoms with E-state index in [1.165, 1.54) is 25.6 Å². The van der Waals surface area contributed by atoms with Crippen LogP contribution in [0.5, 0.6) is 5.75 Å². The molecule has 7 heteroatoms. The summed E-state index contributed by atoms with van der Waals surface area (Å²) in [6.07, 6.45) is 2.89. The summed E-state index contributed by atoms with van der Waals surface area (Å²) in [5, 5.41) is 5.67. The van der Waals surface area contributed by atoms with Gasteiger partial charge < -0.3 is 15.4 Å². The fourth-order valence-corrected chi connectivity index (χ4v) is 2.49. The van der Waals surface area contributed by atoms with Gasteiger partial charge in [-0.25, -0.2) is 8.78 Å². The zero-order valence-corrected chi connectivity index (χ0v) is 14.7. The van der Waals surface area contributed by atoms with E-state index in [-0.39, 0.29) is 5.91 Å². The molecule has 0 aliphatic carbocycles. The number of ether oxygens (including phenoxy) is 1. The molecule has 0 fully saturated rings. The first kappa shape index (κ1) is 18.3. The van der Waals surface area contributed by atoms with Crippen LogP contribution < -0.4 is 15.4 Å². The van der Waals surface area contributed by atoms with Gasteiger partial charge in [-0.15, -0.1) is 0 Å². The number of nitrogens with one attached hydrogen (secondary N) is 2. The summed E-state index contributed by atoms with van der Waals surface area (Å²) < 4.78 is 31.6. The Hall–Kier alpha value is -3.48. The highest BCUT2D eigenvalue weighted by Crippen LogP contribution is 2.26. The highest BCUT2D eigenvalue weighted by atomic mass is 19.2. The second-order valence-electron chi connectivity index (χ2n) is 5.87. The number of amides is 1. The Labute approximate surface area is 155 Å². The maximum absolute atomic E-state index is 13.3. The topological polar surface area (TPSA) is 63.2 Å². The quantitative estimate of drug-likeness (QED) is 0.686. The number of aromatic nitrogens is 1. The Bertz CT molecular complexity index is 993. The Balaban J connectivity index is 1.79. The number of carbonyl (C=O) groups excluding carboxylic acids is 1. The number of hydrogen-bond donors (Lipinski definition) is 2. The smallest absolute Gasteiger partial charge is 0.257 e. The zero-order chi connectivity index (χ0) is 19.4. The molecule has 0 saturated heterocycles. The molecular formula is C20H17F2N3O2. The molecule has 138 valence electrons. The van der Waals surface area contributed by atoms with Crippen molar-refractivity contribution in [1.29, 1.82) is 0 Å². The van der Waals surface area contributed by atoms with Crippen LogP contribution in [0.4, 0.5) is 25.8 Å². The van der Waals surface area contributed by atoms with Crippen molar-refractivity contribution in [3.8, 4) is 5.75 Å². The van der Waals surface area contributed by atoms with Gasteiger partial charge in [0.25, 0.3) is 5.91 Å². The van der Waals surface area contributed by atoms with Crippen molar-refractivity contribution < 1.29 is 18.3 Å². The average Bonchev–Trinajstić information content (AvgIpc) is 2.65. The summed E-state index contributed by atoms with van der Waals surface area (Å²) in [6, 6.07) is 10.4. The lowest BCUT2D eigenvalue weighted by atomic mass is 10.2. The fourth-order valence-electron chi connectivity index (χ4n) is 2.49. The summed E-state index contributed by atoms with van der Waals surface area (Å²) in [5.41, 5.74) is 2.61. The number of benzene rings is 2. The number of carbonyl (C=O) groups is 1. The summed E-state index contributed by atoms with van der Waals surface area (Å²) in [6.45, 7) is 1.91. The number of halogens is 2. The predicted octanol–water partition coefficient (Wildman–Crippen LogP) is 4.67. The molecule has 0 spiro atoms. The molecule has 5 nitrogen and oxygen atoms in total. The van der Waals surface area contributed by atoms with Gasteiger partial charge in [0.1, 0.15) is 5.75 Å². The van der Waals surface area contributed by atoms with E-state index in [1.54, 1.807) is 18.2 Å². The van der Waals surface area contributed by atoms with Gasteiger partial charge in [0.2, 0.25) is 0 Å². The minimum atomic E-state index is -0.964. The van der Waals surface area contributed by atoms with Gasteiger partial charge in [0.05, 0.1) is 30.2 Å². The predicted molar refractivity (Wildman–Crippen MR) is 99.6 cm³/mol. The third-order valence-corrected chi connectivity index (χ3v) is 3.81. The van der Waals surface area contributed by atoms with E-state index in [1.807, 2.05) is 13.0 Å². The van der Waals surface area contributed by atoms with E-state index in [9.17, 15) is 13.6 Å². The minimum absolute atomic E-state index is 0.297. The van der Waals surface area contributed by atoms with Crippen molar-refractivity contribution >= 4 is 23.0 Å². The second-order valence-corrected chi connectivity index (χ2v) is 5.87. The Morgan fingerprint density at radius 3 is 2.56 bits per heavy atom. The minimum Gasteiger partial charge on any atom is -0.495 e. The fraction of sp³-hybridized carbons (Fsp3) is 0.100. The number of rotatable bonds is 5. The molecule has 2 N–H and O–H groups in total. The normalized spacial score (nSPS) is 10.4. The van der Waals surface area contributed by atoms with Gasteiger partial charge in [-0.2, -0.15) is 0 Å². The third-order valence-electron chi connectivity index (χ3n) is 3.81. The molecule has 1 amide bonds. The maximum atomic E-state index is 13.3. The van der Waals surface area contributed by atoms with Crippen LogP contribution >= 0.6 is 0 Å². The van der Waals surface area contributed by atoms with E-state index < -0.39 is 11.6 Å². The molecule has 0 aliphatic rings. The van der Waals surface area contributed by atoms with E-state index in [4.69, 9.17) is 4.74 Å². The molecule has 1 heterocycles. The van der Waals surface area contributed by atoms with Crippen LogP contribution in [0.25, 0.3) is 0 Å². The summed E-state index contributed by atoms with van der Waals surface area (Å²) in [7, 11) is 1.52. The molecule has 0 radical (unpaired) electrons. The number of anilines is 3. The van der Waals surface area contributed by atoms with E-state index in [0.29, 0.717) is 28.4 Å². The van der Waals surface area contributed by atoms with Crippen LogP contribution in [0, 0.1) is 18.6 Å². The number of hydrogen-bond acceptors (Lipinski definition) is 4. The standard InChI is InChI=1S/C20H17F2N3O2/c1-12-3-6-19(27-2)18(7-12)25-20(26)13-8-15(11-23-10-13)24-14-4-5-16(21)17(22)9-14/h3-11,24H,1-2H3,(H,25,26). The van der Waals surface area contributed by atoms with Gasteiger partial charge in [-0.3, -0.25) is 9.78 Å². The van der Waals surface area contributed by atoms with Gasteiger partial charge in [0.15, 0.2) is 11.6 Å². The van der Waals surface area contributed by atoms with Gasteiger partial charge in [0, 0.05) is 18.0 Å². The van der Waals surface area contributed by atoms with Gasteiger partial charge in [-0.05, 0) is 42.8 Å². The molecule has 3 aromatic rings. The Morgan fingerprint density at radius 1 is 1.00 bits per heavy atom. The van der Waals surface area contributed by atoms with Crippen molar-refractivity contribution in [2.45, 2.75) is 6.92 Å². The first-order chi connectivity index (χ1) is 13.0. The molecule has 0 atom stereocenters. The van der Waals surface area contributed by atoms with Gasteiger partial charge in [-0.1, -0.05) is 6.07 Å². The number of aryl methyl sites for hydroxylation is 1. The second kappa shape index (κ2) is 7.82. The van der Waals surface area contributed by atoms with Crippen LogP contribution in [0.15, 0.2) is 54.9 Å². The zero-order valence-electron chi connectivity index (χ0n) is 14.7. The number of pyridine rings is 1. The maximum Gasteiger partial charge on any atom is 0.257 e. The largest absolute Gasteiger partial charge is 0.495 e. The number of nitrogens with zero attached hydrogens (tertiary/aromatic N) is 1. The lowest BCUT2D eigenvalue weighted by Gasteiger charge is -2.12. The van der Waals surface area contributed by atoms with E-state index in [0.717, 1.165) is 17.7 Å². The lowest BCUT2D eigenvalue weighted by molar-refractivity contribution is 0.102. The molecule has 27 heavy (non-hydrogen) atoms. The summed E-state index contributed by atoms with van der Waals surface area (Å²) in [4.78, 5) is 16.6. The van der Waals surface area contributed by atoms with Crippen molar-refractivity contribution in [2.24, 2.45) is 0 Å². The molecule has 0 aliphatic heterocycles. The van der Waals surface area contributed by atoms with Crippen molar-refractivity contribution in [3.05, 3.63) is 77.6 Å². The monoisotopic (exact) mass is 369 g/mol. The molecule has 2 aromatic carbocycles. The molecule has 0 bridgehead atoms. The highest BCUT2D eigenvalue weighted by molar-refractivity contribution is 6.05. The summed E-state index contributed by atoms with van der Waals surface area (Å²) in [5.74, 6) is -1.73. The first-order valence-electron chi connectivity index (χ1n) is 8.09. The van der Waals surface area contributed by atoms with Gasteiger partial charge >= 0.3 is 0 Å². The van der Waals surface area contributed by atoms with E-state index >= 15 is 0 Å². The van der Waals surface area contributed by atoms with E-state index in [2.05, 4.69) is 15.6 Å². The van der Waals surface area contributed by atoms with Crippen molar-refractivity contribution in [2.75, 3.05) is 17.7 Å². The van der Waals surface area contributed by atoms with Crippen LogP contribution in [-0.2, 0) is 0 Å². The molecule has 3 rings (SSSR count). The van der Waals surface area contributed by atoms with Crippen LogP contribution in [-0.4, -0.2) is 18.0 Å². The first-order valence-corrected chi connectivity index (χ1v) is 8.09. The highest BCUT2D eigenvalue weighted by Gasteiger charge is 2.12. The molecule has 1 aromatic heterocycles. The van der Waals surface area contributed by atoms with Crippen molar-refractivity contribution in [1.82, 2.24) is 4.98 Å². The molecular weight excluding hydrogens is 352 g/mol. The van der Waals surface area contributed by atoms with Crippen LogP contribution in [0.3, 0.4) is 0 Å². The number of methoxy groups -OCH3 is 1. The SMILES string of the molecule is COc1ccc(C)cc1NC(=O)c1cncc(Nc2ccc(F)c(F)c2)c1. The summed E-state index contributed by atoms with van der Waals surface area (Å²) >= 11 is 0. The molecule has 0 saturated carbocycles. The third kappa shape index (κ3) is 4.38. The molecule has 0 unspecified atom stereocenters. The Kier molecular flexibility index (Phi) is 5.30. The van der Waals surface area contributed by atoms with Crippen LogP contribution in [0.2, 0.25) is 0 Å². The van der Waals surface area contributed by atoms with Crippen LogP contribution in [0.1, 0.15) is 15.9 Å². The lowest BCUT2D eigenvalue weighted by Crippen LogP contribution is -2.13. The van der Waals surface area contributed by atoms with Crippen molar-refractivity contribution in [3.63, 3.8) is 0 Å². The average molecular weight is 369 g/mol. The Morgan fingerprint density at radius 2 is 1.81 bits per heavy atom.